The van der Waals surface area contributed by atoms with E-state index in [1.54, 1.807) is 0 Å². The van der Waals surface area contributed by atoms with Crippen molar-refractivity contribution in [3.63, 3.8) is 0 Å². The quantitative estimate of drug-likeness (QED) is 0.115. The number of amides is 1. The molecule has 19 heteroatoms. The van der Waals surface area contributed by atoms with Crippen LogP contribution in [-0.2, 0) is 38.0 Å². The second-order valence-corrected chi connectivity index (χ2v) is 11.8. The first-order valence-corrected chi connectivity index (χ1v) is 14.7. The molecule has 4 aliphatic rings. The summed E-state index contributed by atoms with van der Waals surface area (Å²) in [6.45, 7) is 4.48. The van der Waals surface area contributed by atoms with Crippen molar-refractivity contribution in [1.82, 2.24) is 5.32 Å². The second kappa shape index (κ2) is 14.9. The van der Waals surface area contributed by atoms with E-state index in [-0.39, 0.29) is 0 Å². The second-order valence-electron chi connectivity index (χ2n) is 11.8. The van der Waals surface area contributed by atoms with E-state index in [9.17, 15) is 55.9 Å². The van der Waals surface area contributed by atoms with Gasteiger partial charge in [0.2, 0.25) is 5.91 Å². The van der Waals surface area contributed by atoms with Crippen molar-refractivity contribution in [2.75, 3.05) is 6.61 Å². The lowest BCUT2D eigenvalue weighted by Gasteiger charge is -2.50. The number of hydrogen-bond acceptors (Lipinski definition) is 18. The average Bonchev–Trinajstić information content (AvgIpc) is 2.98. The first-order valence-electron chi connectivity index (χ1n) is 14.7. The maximum atomic E-state index is 12.3. The van der Waals surface area contributed by atoms with Gasteiger partial charge in [-0.05, 0) is 20.8 Å². The molecular weight excluding hydrogens is 614 g/mol. The summed E-state index contributed by atoms with van der Waals surface area (Å²) in [6.07, 6.45) is -29.5. The Hall–Kier alpha value is -1.21. The standard InChI is InChI=1S/C26H45NO18/c1-6-13(31)17(35)21(23(38)39-6)44-26-22(18(36)14(32)8(3)41-26)45-24-11(27-9(4)29)20(15(33)10(5-28)42-24)43-25-19(37)16(34)12(30)7(2)40-25/h6-8,10-26,28,30-38H,5H2,1-4H3,(H,27,29)/t6-,7-,8-,10+,11+,12-,13-,14-,15+,16+,17+,18+,19+,20+,21+,22+,23-,24-,25-,26-/m0/s1. The SMILES string of the molecule is CC(=O)N[C@H]1[C@H](O[C@H]2[C@H](O[C@@H]3[C@H](O)[C@@H](O)[C@H](C)O[C@@H]3O)O[C@@H](C)[C@H](O)[C@H]2O)O[C@H](CO)[C@@H](O)[C@@H]1O[C@@H]1O[C@@H](C)[C@H](O)[C@@H](O)[C@H]1O. The molecule has 4 saturated heterocycles. The van der Waals surface area contributed by atoms with Crippen LogP contribution in [-0.4, -0.2) is 186 Å². The van der Waals surface area contributed by atoms with Gasteiger partial charge >= 0.3 is 0 Å². The zero-order chi connectivity index (χ0) is 33.5. The molecule has 11 N–H and O–H groups in total. The highest BCUT2D eigenvalue weighted by Gasteiger charge is 2.55. The summed E-state index contributed by atoms with van der Waals surface area (Å²) in [5.41, 5.74) is 0. The lowest BCUT2D eigenvalue weighted by atomic mass is 9.94. The molecule has 0 aromatic heterocycles. The third-order valence-electron chi connectivity index (χ3n) is 8.49. The minimum Gasteiger partial charge on any atom is -0.394 e. The molecule has 0 saturated carbocycles. The fourth-order valence-electron chi connectivity index (χ4n) is 5.75. The van der Waals surface area contributed by atoms with Crippen molar-refractivity contribution in [2.45, 2.75) is 150 Å². The maximum Gasteiger partial charge on any atom is 0.217 e. The number of aliphatic hydroxyl groups excluding tert-OH is 10. The van der Waals surface area contributed by atoms with E-state index in [0.717, 1.165) is 6.92 Å². The third kappa shape index (κ3) is 7.60. The summed E-state index contributed by atoms with van der Waals surface area (Å²) in [6, 6.07) is -1.49. The molecule has 4 fully saturated rings. The van der Waals surface area contributed by atoms with Crippen LogP contribution in [0.15, 0.2) is 0 Å². The molecule has 4 rings (SSSR count). The van der Waals surface area contributed by atoms with Crippen LogP contribution in [0.4, 0.5) is 0 Å². The molecule has 0 aromatic rings. The number of hydrogen-bond donors (Lipinski definition) is 11. The topological polar surface area (TPSA) is 296 Å². The van der Waals surface area contributed by atoms with Gasteiger partial charge in [0, 0.05) is 6.92 Å². The predicted octanol–water partition coefficient (Wildman–Crippen LogP) is -6.52. The normalized spacial score (nSPS) is 52.8. The Morgan fingerprint density at radius 1 is 0.578 bits per heavy atom. The highest BCUT2D eigenvalue weighted by atomic mass is 16.8. The molecule has 0 spiro atoms. The van der Waals surface area contributed by atoms with Crippen molar-refractivity contribution in [2.24, 2.45) is 0 Å². The van der Waals surface area contributed by atoms with Gasteiger partial charge < -0.3 is 89.5 Å². The average molecular weight is 660 g/mol. The van der Waals surface area contributed by atoms with E-state index in [0.29, 0.717) is 0 Å². The van der Waals surface area contributed by atoms with E-state index >= 15 is 0 Å². The number of carbonyl (C=O) groups is 1. The number of nitrogens with one attached hydrogen (secondary N) is 1. The van der Waals surface area contributed by atoms with Crippen molar-refractivity contribution >= 4 is 5.91 Å². The molecule has 19 nitrogen and oxygen atoms in total. The Morgan fingerprint density at radius 3 is 1.64 bits per heavy atom. The van der Waals surface area contributed by atoms with E-state index in [2.05, 4.69) is 5.32 Å². The van der Waals surface area contributed by atoms with Gasteiger partial charge in [-0.2, -0.15) is 0 Å². The summed E-state index contributed by atoms with van der Waals surface area (Å²) in [5.74, 6) is -0.690. The summed E-state index contributed by atoms with van der Waals surface area (Å²) in [7, 11) is 0. The van der Waals surface area contributed by atoms with Gasteiger partial charge in [0.25, 0.3) is 0 Å². The largest absolute Gasteiger partial charge is 0.394 e. The minimum absolute atomic E-state index is 0.690. The molecule has 4 aliphatic heterocycles. The number of aliphatic hydroxyl groups is 10. The zero-order valence-corrected chi connectivity index (χ0v) is 25.0. The van der Waals surface area contributed by atoms with Crippen LogP contribution in [0.2, 0.25) is 0 Å². The van der Waals surface area contributed by atoms with Gasteiger partial charge in [-0.1, -0.05) is 0 Å². The molecular formula is C26H45NO18. The number of carbonyl (C=O) groups excluding carboxylic acids is 1. The molecule has 262 valence electrons. The van der Waals surface area contributed by atoms with Crippen LogP contribution in [0, 0.1) is 0 Å². The summed E-state index contributed by atoms with van der Waals surface area (Å²) in [5, 5.41) is 107. The van der Waals surface area contributed by atoms with Gasteiger partial charge in [0.1, 0.15) is 79.3 Å². The Kier molecular flexibility index (Phi) is 12.1. The van der Waals surface area contributed by atoms with Gasteiger partial charge in [0.05, 0.1) is 24.9 Å². The maximum absolute atomic E-state index is 12.3. The van der Waals surface area contributed by atoms with Crippen LogP contribution in [0.25, 0.3) is 0 Å². The van der Waals surface area contributed by atoms with Crippen molar-refractivity contribution < 1.29 is 89.0 Å². The van der Waals surface area contributed by atoms with Crippen molar-refractivity contribution in [1.29, 1.82) is 0 Å². The van der Waals surface area contributed by atoms with Crippen LogP contribution in [0.3, 0.4) is 0 Å². The van der Waals surface area contributed by atoms with E-state index in [1.165, 1.54) is 20.8 Å². The van der Waals surface area contributed by atoms with E-state index < -0.39 is 135 Å². The fraction of sp³-hybridized carbons (Fsp3) is 0.962. The lowest BCUT2D eigenvalue weighted by Crippen LogP contribution is -2.69. The van der Waals surface area contributed by atoms with Crippen LogP contribution < -0.4 is 5.32 Å². The number of rotatable bonds is 8. The molecule has 0 aromatic carbocycles. The first kappa shape index (κ1) is 36.6. The Bertz CT molecular complexity index is 980. The van der Waals surface area contributed by atoms with Gasteiger partial charge in [-0.3, -0.25) is 4.79 Å². The highest BCUT2D eigenvalue weighted by Crippen LogP contribution is 2.34. The molecule has 0 unspecified atom stereocenters. The monoisotopic (exact) mass is 659 g/mol. The summed E-state index contributed by atoms with van der Waals surface area (Å²) >= 11 is 0. The van der Waals surface area contributed by atoms with Crippen LogP contribution in [0.1, 0.15) is 27.7 Å². The van der Waals surface area contributed by atoms with Crippen molar-refractivity contribution in [3.8, 4) is 0 Å². The third-order valence-corrected chi connectivity index (χ3v) is 8.49. The van der Waals surface area contributed by atoms with E-state index in [1.807, 2.05) is 0 Å². The fourth-order valence-corrected chi connectivity index (χ4v) is 5.75. The van der Waals surface area contributed by atoms with E-state index in [4.69, 9.17) is 33.2 Å². The minimum atomic E-state index is -1.81. The molecule has 20 atom stereocenters. The zero-order valence-electron chi connectivity index (χ0n) is 25.0. The first-order chi connectivity index (χ1) is 21.1. The predicted molar refractivity (Wildman–Crippen MR) is 141 cm³/mol. The van der Waals surface area contributed by atoms with Crippen LogP contribution >= 0.6 is 0 Å². The molecule has 0 radical (unpaired) electrons. The number of ether oxygens (including phenoxy) is 7. The van der Waals surface area contributed by atoms with Gasteiger partial charge in [0.15, 0.2) is 25.2 Å². The van der Waals surface area contributed by atoms with Crippen LogP contribution in [0.5, 0.6) is 0 Å². The Labute approximate surface area is 257 Å². The smallest absolute Gasteiger partial charge is 0.217 e. The highest BCUT2D eigenvalue weighted by molar-refractivity contribution is 5.73. The van der Waals surface area contributed by atoms with Gasteiger partial charge in [-0.15, -0.1) is 0 Å². The lowest BCUT2D eigenvalue weighted by molar-refractivity contribution is -0.386. The summed E-state index contributed by atoms with van der Waals surface area (Å²) in [4.78, 5) is 12.3. The Balaban J connectivity index is 1.63. The van der Waals surface area contributed by atoms with Gasteiger partial charge in [-0.25, -0.2) is 0 Å². The van der Waals surface area contributed by atoms with Crippen molar-refractivity contribution in [3.05, 3.63) is 0 Å². The molecule has 0 bridgehead atoms. The molecule has 4 heterocycles. The Morgan fingerprint density at radius 2 is 1.07 bits per heavy atom. The molecule has 0 aliphatic carbocycles. The molecule has 45 heavy (non-hydrogen) atoms. The summed E-state index contributed by atoms with van der Waals surface area (Å²) < 4.78 is 39.6. The molecule has 1 amide bonds.